The normalized spacial score (nSPS) is 26.1. The number of esters is 1. The van der Waals surface area contributed by atoms with Gasteiger partial charge in [-0.2, -0.15) is 0 Å². The van der Waals surface area contributed by atoms with Crippen LogP contribution in [0.2, 0.25) is 0 Å². The minimum absolute atomic E-state index is 0.0366. The first-order chi connectivity index (χ1) is 8.34. The highest BCUT2D eigenvalue weighted by molar-refractivity contribution is 6.02. The first-order valence-electron chi connectivity index (χ1n) is 6.07. The first kappa shape index (κ1) is 12.9. The molecule has 4 nitrogen and oxygen atoms in total. The minimum Gasteiger partial charge on any atom is -0.489 e. The Bertz CT molecular complexity index is 468. The van der Waals surface area contributed by atoms with Crippen molar-refractivity contribution in [2.24, 2.45) is 5.41 Å². The predicted octanol–water partition coefficient (Wildman–Crippen LogP) is 2.15. The molecular weight excluding hydrogens is 232 g/mol. The third-order valence-electron chi connectivity index (χ3n) is 3.36. The summed E-state index contributed by atoms with van der Waals surface area (Å²) in [6.45, 7) is 5.88. The molecule has 0 fully saturated rings. The van der Waals surface area contributed by atoms with Crippen molar-refractivity contribution < 1.29 is 19.1 Å². The quantitative estimate of drug-likeness (QED) is 0.669. The zero-order valence-electron chi connectivity index (χ0n) is 11.2. The van der Waals surface area contributed by atoms with Crippen molar-refractivity contribution in [3.8, 4) is 0 Å². The summed E-state index contributed by atoms with van der Waals surface area (Å²) < 4.78 is 10.4. The van der Waals surface area contributed by atoms with Gasteiger partial charge in [-0.25, -0.2) is 4.79 Å². The van der Waals surface area contributed by atoms with Gasteiger partial charge in [0.15, 0.2) is 5.78 Å². The van der Waals surface area contributed by atoms with Crippen molar-refractivity contribution in [3.63, 3.8) is 0 Å². The van der Waals surface area contributed by atoms with Gasteiger partial charge in [-0.1, -0.05) is 13.8 Å². The van der Waals surface area contributed by atoms with E-state index in [1.54, 1.807) is 13.0 Å². The first-order valence-corrected chi connectivity index (χ1v) is 6.07. The van der Waals surface area contributed by atoms with Crippen LogP contribution in [0.1, 0.15) is 33.6 Å². The summed E-state index contributed by atoms with van der Waals surface area (Å²) in [5.74, 6) is 0.303. The Morgan fingerprint density at radius 3 is 2.72 bits per heavy atom. The maximum absolute atomic E-state index is 12.1. The molecule has 0 radical (unpaired) electrons. The van der Waals surface area contributed by atoms with Gasteiger partial charge in [0.1, 0.15) is 11.9 Å². The van der Waals surface area contributed by atoms with Gasteiger partial charge in [0.25, 0.3) is 0 Å². The zero-order valence-corrected chi connectivity index (χ0v) is 11.2. The molecule has 0 aromatic rings. The van der Waals surface area contributed by atoms with Gasteiger partial charge < -0.3 is 9.47 Å². The Kier molecular flexibility index (Phi) is 3.05. The molecule has 0 bridgehead atoms. The highest BCUT2D eigenvalue weighted by Gasteiger charge is 2.37. The Balaban J connectivity index is 2.40. The molecule has 98 valence electrons. The smallest absolute Gasteiger partial charge is 0.337 e. The SMILES string of the molecule is COC(=O)C1=CC2=C(CC(C)(C)CC2=O)OC1C. The van der Waals surface area contributed by atoms with Crippen LogP contribution in [0, 0.1) is 5.41 Å². The van der Waals surface area contributed by atoms with Gasteiger partial charge in [-0.05, 0) is 18.4 Å². The van der Waals surface area contributed by atoms with Crippen molar-refractivity contribution >= 4 is 11.8 Å². The molecule has 0 saturated heterocycles. The van der Waals surface area contributed by atoms with E-state index in [4.69, 9.17) is 9.47 Å². The molecule has 2 rings (SSSR count). The molecule has 1 aliphatic carbocycles. The number of methoxy groups -OCH3 is 1. The maximum atomic E-state index is 12.1. The van der Waals surface area contributed by atoms with Crippen LogP contribution in [0.4, 0.5) is 0 Å². The van der Waals surface area contributed by atoms with Crippen LogP contribution in [-0.2, 0) is 19.1 Å². The predicted molar refractivity (Wildman–Crippen MR) is 65.7 cm³/mol. The topological polar surface area (TPSA) is 52.6 Å². The largest absolute Gasteiger partial charge is 0.489 e. The lowest BCUT2D eigenvalue weighted by Gasteiger charge is -2.35. The summed E-state index contributed by atoms with van der Waals surface area (Å²) in [7, 11) is 1.32. The average molecular weight is 250 g/mol. The lowest BCUT2D eigenvalue weighted by atomic mass is 9.75. The van der Waals surface area contributed by atoms with Crippen molar-refractivity contribution in [1.82, 2.24) is 0 Å². The van der Waals surface area contributed by atoms with E-state index in [2.05, 4.69) is 0 Å². The van der Waals surface area contributed by atoms with Crippen LogP contribution in [0.25, 0.3) is 0 Å². The molecule has 1 atom stereocenters. The van der Waals surface area contributed by atoms with Crippen molar-refractivity contribution in [1.29, 1.82) is 0 Å². The van der Waals surface area contributed by atoms with Crippen LogP contribution in [-0.4, -0.2) is 25.0 Å². The molecule has 0 saturated carbocycles. The molecular formula is C14H18O4. The fraction of sp³-hybridized carbons (Fsp3) is 0.571. The second kappa shape index (κ2) is 4.26. The van der Waals surface area contributed by atoms with E-state index < -0.39 is 5.97 Å². The lowest BCUT2D eigenvalue weighted by Crippen LogP contribution is -2.32. The van der Waals surface area contributed by atoms with Crippen LogP contribution >= 0.6 is 0 Å². The molecule has 0 aromatic carbocycles. The minimum atomic E-state index is -0.438. The Hall–Kier alpha value is -1.58. The molecule has 18 heavy (non-hydrogen) atoms. The Morgan fingerprint density at radius 1 is 1.44 bits per heavy atom. The summed E-state index contributed by atoms with van der Waals surface area (Å²) in [6.07, 6.45) is 2.48. The van der Waals surface area contributed by atoms with Crippen LogP contribution in [0.3, 0.4) is 0 Å². The van der Waals surface area contributed by atoms with E-state index in [1.165, 1.54) is 7.11 Å². The molecule has 0 N–H and O–H groups in total. The second-order valence-corrected chi connectivity index (χ2v) is 5.63. The van der Waals surface area contributed by atoms with Crippen LogP contribution in [0.15, 0.2) is 23.0 Å². The Morgan fingerprint density at radius 2 is 2.11 bits per heavy atom. The molecule has 0 amide bonds. The molecule has 1 aliphatic heterocycles. The van der Waals surface area contributed by atoms with Crippen LogP contribution < -0.4 is 0 Å². The van der Waals surface area contributed by atoms with E-state index >= 15 is 0 Å². The highest BCUT2D eigenvalue weighted by atomic mass is 16.5. The van der Waals surface area contributed by atoms with Crippen molar-refractivity contribution in [3.05, 3.63) is 23.0 Å². The lowest BCUT2D eigenvalue weighted by molar-refractivity contribution is -0.137. The van der Waals surface area contributed by atoms with E-state index in [-0.39, 0.29) is 17.3 Å². The Labute approximate surface area is 107 Å². The number of hydrogen-bond donors (Lipinski definition) is 0. The fourth-order valence-electron chi connectivity index (χ4n) is 2.44. The van der Waals surface area contributed by atoms with Gasteiger partial charge in [0.2, 0.25) is 0 Å². The number of allylic oxidation sites excluding steroid dienone is 3. The number of Topliss-reactive ketones (excluding diaryl/α,β-unsaturated/α-hetero) is 1. The van der Waals surface area contributed by atoms with Gasteiger partial charge in [-0.3, -0.25) is 4.79 Å². The average Bonchev–Trinajstić information content (AvgIpc) is 2.25. The third kappa shape index (κ3) is 2.19. The monoisotopic (exact) mass is 250 g/mol. The van der Waals surface area contributed by atoms with Crippen molar-refractivity contribution in [2.75, 3.05) is 7.11 Å². The molecule has 1 unspecified atom stereocenters. The van der Waals surface area contributed by atoms with Crippen LogP contribution in [0.5, 0.6) is 0 Å². The summed E-state index contributed by atoms with van der Waals surface area (Å²) in [4.78, 5) is 23.7. The number of ether oxygens (including phenoxy) is 2. The molecule has 2 aliphatic rings. The summed E-state index contributed by atoms with van der Waals surface area (Å²) in [5.41, 5.74) is 0.865. The standard InChI is InChI=1S/C14H18O4/c1-8-9(13(16)17-4)5-10-11(15)6-14(2,3)7-12(10)18-8/h5,8H,6-7H2,1-4H3. The van der Waals surface area contributed by atoms with Gasteiger partial charge in [0.05, 0.1) is 18.3 Å². The van der Waals surface area contributed by atoms with E-state index in [0.717, 1.165) is 6.42 Å². The number of hydrogen-bond acceptors (Lipinski definition) is 4. The molecule has 0 aromatic heterocycles. The maximum Gasteiger partial charge on any atom is 0.337 e. The molecule has 4 heteroatoms. The molecule has 1 heterocycles. The summed E-state index contributed by atoms with van der Waals surface area (Å²) >= 11 is 0. The van der Waals surface area contributed by atoms with Crippen molar-refractivity contribution in [2.45, 2.75) is 39.7 Å². The highest BCUT2D eigenvalue weighted by Crippen LogP contribution is 2.40. The third-order valence-corrected chi connectivity index (χ3v) is 3.36. The number of carbonyl (C=O) groups excluding carboxylic acids is 2. The van der Waals surface area contributed by atoms with Gasteiger partial charge in [0, 0.05) is 12.8 Å². The van der Waals surface area contributed by atoms with Gasteiger partial charge in [-0.15, -0.1) is 0 Å². The van der Waals surface area contributed by atoms with E-state index in [1.807, 2.05) is 13.8 Å². The molecule has 0 spiro atoms. The van der Waals surface area contributed by atoms with E-state index in [9.17, 15) is 9.59 Å². The second-order valence-electron chi connectivity index (χ2n) is 5.63. The number of ketones is 1. The zero-order chi connectivity index (χ0) is 13.5. The number of rotatable bonds is 1. The van der Waals surface area contributed by atoms with Gasteiger partial charge >= 0.3 is 5.97 Å². The fourth-order valence-corrected chi connectivity index (χ4v) is 2.44. The number of carbonyl (C=O) groups is 2. The summed E-state index contributed by atoms with van der Waals surface area (Å²) in [5, 5.41) is 0. The summed E-state index contributed by atoms with van der Waals surface area (Å²) in [6, 6.07) is 0. The van der Waals surface area contributed by atoms with E-state index in [0.29, 0.717) is 23.3 Å².